The van der Waals surface area contributed by atoms with Gasteiger partial charge >= 0.3 is 5.63 Å². The summed E-state index contributed by atoms with van der Waals surface area (Å²) in [5.74, 6) is 0.631. The van der Waals surface area contributed by atoms with Gasteiger partial charge in [0, 0.05) is 11.0 Å². The SMILES string of the molecule is Cc1nn(Cc2ccccc2)c(N=Nc2c(C(C)(C)C)[nH]oc2=O)c1C. The van der Waals surface area contributed by atoms with Crippen molar-refractivity contribution in [2.45, 2.75) is 46.6 Å². The number of hydrogen-bond donors (Lipinski definition) is 1. The largest absolute Gasteiger partial charge is 0.384 e. The summed E-state index contributed by atoms with van der Waals surface area (Å²) >= 11 is 0. The van der Waals surface area contributed by atoms with Crippen molar-refractivity contribution < 1.29 is 4.52 Å². The molecule has 0 fully saturated rings. The Morgan fingerprint density at radius 3 is 2.50 bits per heavy atom. The Hall–Kier alpha value is -2.96. The van der Waals surface area contributed by atoms with E-state index in [1.807, 2.05) is 65.0 Å². The van der Waals surface area contributed by atoms with Gasteiger partial charge < -0.3 is 4.52 Å². The van der Waals surface area contributed by atoms with E-state index in [0.717, 1.165) is 16.8 Å². The zero-order valence-electron chi connectivity index (χ0n) is 15.7. The Kier molecular flexibility index (Phi) is 4.63. The highest BCUT2D eigenvalue weighted by molar-refractivity contribution is 5.45. The maximum absolute atomic E-state index is 12.0. The summed E-state index contributed by atoms with van der Waals surface area (Å²) in [6.45, 7) is 10.4. The smallest absolute Gasteiger partial charge is 0.336 e. The van der Waals surface area contributed by atoms with Crippen LogP contribution in [-0.2, 0) is 12.0 Å². The fraction of sp³-hybridized carbons (Fsp3) is 0.368. The van der Waals surface area contributed by atoms with Gasteiger partial charge in [-0.15, -0.1) is 10.2 Å². The van der Waals surface area contributed by atoms with Crippen molar-refractivity contribution in [2.24, 2.45) is 10.2 Å². The molecule has 1 aromatic carbocycles. The van der Waals surface area contributed by atoms with Crippen LogP contribution < -0.4 is 5.63 Å². The molecule has 0 unspecified atom stereocenters. The zero-order valence-corrected chi connectivity index (χ0v) is 15.7. The first-order chi connectivity index (χ1) is 12.3. The van der Waals surface area contributed by atoms with Crippen molar-refractivity contribution in [2.75, 3.05) is 0 Å². The van der Waals surface area contributed by atoms with Crippen LogP contribution in [0, 0.1) is 13.8 Å². The topological polar surface area (TPSA) is 88.5 Å². The molecule has 0 saturated carbocycles. The molecule has 0 radical (unpaired) electrons. The van der Waals surface area contributed by atoms with E-state index in [0.29, 0.717) is 18.1 Å². The Balaban J connectivity index is 2.00. The molecule has 0 aliphatic carbocycles. The molecule has 0 aliphatic heterocycles. The van der Waals surface area contributed by atoms with Gasteiger partial charge in [-0.1, -0.05) is 51.1 Å². The standard InChI is InChI=1S/C19H23N5O2/c1-12-13(2)22-24(11-14-9-7-6-8-10-14)17(12)21-20-15-16(19(3,4)5)23-26-18(15)25/h6-10,23H,11H2,1-5H3. The molecule has 26 heavy (non-hydrogen) atoms. The predicted octanol–water partition coefficient (Wildman–Crippen LogP) is 4.54. The van der Waals surface area contributed by atoms with Gasteiger partial charge in [0.2, 0.25) is 0 Å². The molecule has 2 heterocycles. The lowest BCUT2D eigenvalue weighted by molar-refractivity contribution is 0.370. The molecule has 1 N–H and O–H groups in total. The highest BCUT2D eigenvalue weighted by atomic mass is 16.5. The summed E-state index contributed by atoms with van der Waals surface area (Å²) in [7, 11) is 0. The van der Waals surface area contributed by atoms with Crippen LogP contribution in [0.3, 0.4) is 0 Å². The van der Waals surface area contributed by atoms with E-state index in [2.05, 4.69) is 20.5 Å². The molecule has 0 aliphatic rings. The van der Waals surface area contributed by atoms with E-state index >= 15 is 0 Å². The molecule has 0 amide bonds. The fourth-order valence-corrected chi connectivity index (χ4v) is 2.64. The van der Waals surface area contributed by atoms with Crippen LogP contribution in [0.25, 0.3) is 0 Å². The number of nitrogens with one attached hydrogen (secondary N) is 1. The molecular weight excluding hydrogens is 330 g/mol. The summed E-state index contributed by atoms with van der Waals surface area (Å²) in [5.41, 5.74) is 2.91. The van der Waals surface area contributed by atoms with Crippen LogP contribution in [0.2, 0.25) is 0 Å². The second-order valence-electron chi connectivity index (χ2n) is 7.34. The van der Waals surface area contributed by atoms with Crippen LogP contribution in [0.5, 0.6) is 0 Å². The molecular formula is C19H23N5O2. The summed E-state index contributed by atoms with van der Waals surface area (Å²) in [6, 6.07) is 10.0. The minimum atomic E-state index is -0.526. The number of H-pyrrole nitrogens is 1. The molecule has 0 spiro atoms. The molecule has 0 atom stereocenters. The highest BCUT2D eigenvalue weighted by Crippen LogP contribution is 2.30. The predicted molar refractivity (Wildman–Crippen MR) is 99.4 cm³/mol. The van der Waals surface area contributed by atoms with Crippen LogP contribution in [0.1, 0.15) is 43.3 Å². The second kappa shape index (κ2) is 6.74. The van der Waals surface area contributed by atoms with Gasteiger partial charge in [-0.25, -0.2) is 14.6 Å². The molecule has 2 aromatic heterocycles. The third-order valence-corrected chi connectivity index (χ3v) is 4.24. The number of hydrogen-bond acceptors (Lipinski definition) is 5. The third-order valence-electron chi connectivity index (χ3n) is 4.24. The molecule has 0 bridgehead atoms. The summed E-state index contributed by atoms with van der Waals surface area (Å²) in [6.07, 6.45) is 0. The van der Waals surface area contributed by atoms with Crippen molar-refractivity contribution in [1.29, 1.82) is 0 Å². The number of benzene rings is 1. The van der Waals surface area contributed by atoms with Crippen LogP contribution in [-0.4, -0.2) is 14.9 Å². The Morgan fingerprint density at radius 1 is 1.15 bits per heavy atom. The van der Waals surface area contributed by atoms with Gasteiger partial charge in [-0.05, 0) is 19.4 Å². The lowest BCUT2D eigenvalue weighted by Crippen LogP contribution is -2.12. The summed E-state index contributed by atoms with van der Waals surface area (Å²) < 4.78 is 6.72. The van der Waals surface area contributed by atoms with Gasteiger partial charge in [0.05, 0.1) is 17.9 Å². The zero-order chi connectivity index (χ0) is 18.9. The lowest BCUT2D eigenvalue weighted by Gasteiger charge is -2.14. The van der Waals surface area contributed by atoms with Gasteiger partial charge in [0.1, 0.15) is 0 Å². The monoisotopic (exact) mass is 353 g/mol. The lowest BCUT2D eigenvalue weighted by atomic mass is 9.91. The average Bonchev–Trinajstić information content (AvgIpc) is 3.07. The molecule has 136 valence electrons. The molecule has 3 rings (SSSR count). The van der Waals surface area contributed by atoms with Crippen LogP contribution in [0.15, 0.2) is 49.9 Å². The van der Waals surface area contributed by atoms with Crippen LogP contribution >= 0.6 is 0 Å². The number of nitrogens with zero attached hydrogens (tertiary/aromatic N) is 4. The van der Waals surface area contributed by atoms with Crippen molar-refractivity contribution in [3.05, 3.63) is 63.3 Å². The first-order valence-electron chi connectivity index (χ1n) is 8.49. The van der Waals surface area contributed by atoms with Crippen molar-refractivity contribution in [3.63, 3.8) is 0 Å². The quantitative estimate of drug-likeness (QED) is 0.698. The average molecular weight is 353 g/mol. The maximum atomic E-state index is 12.0. The fourth-order valence-electron chi connectivity index (χ4n) is 2.64. The minimum absolute atomic E-state index is 0.196. The first kappa shape index (κ1) is 17.8. The van der Waals surface area contributed by atoms with Gasteiger partial charge in [0.15, 0.2) is 11.5 Å². The van der Waals surface area contributed by atoms with E-state index in [1.54, 1.807) is 4.68 Å². The van der Waals surface area contributed by atoms with E-state index < -0.39 is 5.63 Å². The van der Waals surface area contributed by atoms with E-state index in [4.69, 9.17) is 4.52 Å². The maximum Gasteiger partial charge on any atom is 0.384 e. The summed E-state index contributed by atoms with van der Waals surface area (Å²) in [4.78, 5) is 12.0. The van der Waals surface area contributed by atoms with Crippen LogP contribution in [0.4, 0.5) is 11.5 Å². The summed E-state index contributed by atoms with van der Waals surface area (Å²) in [5, 5.41) is 15.8. The van der Waals surface area contributed by atoms with Crippen molar-refractivity contribution in [1.82, 2.24) is 14.9 Å². The number of aromatic amines is 1. The molecule has 3 aromatic rings. The minimum Gasteiger partial charge on any atom is -0.336 e. The number of azo groups is 1. The van der Waals surface area contributed by atoms with E-state index in [1.165, 1.54) is 0 Å². The molecule has 0 saturated heterocycles. The van der Waals surface area contributed by atoms with E-state index in [-0.39, 0.29) is 11.1 Å². The van der Waals surface area contributed by atoms with Gasteiger partial charge in [0.25, 0.3) is 0 Å². The number of rotatable bonds is 4. The third kappa shape index (κ3) is 3.51. The van der Waals surface area contributed by atoms with E-state index in [9.17, 15) is 4.79 Å². The number of aryl methyl sites for hydroxylation is 1. The normalized spacial score (nSPS) is 12.2. The van der Waals surface area contributed by atoms with Gasteiger partial charge in [-0.2, -0.15) is 5.10 Å². The first-order valence-corrected chi connectivity index (χ1v) is 8.49. The van der Waals surface area contributed by atoms with Gasteiger partial charge in [-0.3, -0.25) is 0 Å². The highest BCUT2D eigenvalue weighted by Gasteiger charge is 2.24. The van der Waals surface area contributed by atoms with Crippen molar-refractivity contribution >= 4 is 11.5 Å². The van der Waals surface area contributed by atoms with Crippen molar-refractivity contribution in [3.8, 4) is 0 Å². The molecule has 7 nitrogen and oxygen atoms in total. The number of aromatic nitrogens is 3. The molecule has 7 heteroatoms. The Morgan fingerprint density at radius 2 is 1.85 bits per heavy atom. The Bertz CT molecular complexity index is 987. The second-order valence-corrected chi connectivity index (χ2v) is 7.34. The Labute approximate surface area is 151 Å².